The molecule has 0 radical (unpaired) electrons. The van der Waals surface area contributed by atoms with E-state index >= 15 is 0 Å². The molecule has 2 rings (SSSR count). The highest BCUT2D eigenvalue weighted by molar-refractivity contribution is 7.89. The molecule has 0 spiro atoms. The maximum Gasteiger partial charge on any atom is 0.243 e. The highest BCUT2D eigenvalue weighted by atomic mass is 32.2. The summed E-state index contributed by atoms with van der Waals surface area (Å²) in [7, 11) is -3.42. The van der Waals surface area contributed by atoms with Crippen LogP contribution < -0.4 is 0 Å². The molecule has 0 unspecified atom stereocenters. The van der Waals surface area contributed by atoms with Crippen LogP contribution in [0, 0.1) is 5.92 Å². The third-order valence-electron chi connectivity index (χ3n) is 3.89. The Labute approximate surface area is 126 Å². The van der Waals surface area contributed by atoms with E-state index in [1.165, 1.54) is 4.31 Å². The summed E-state index contributed by atoms with van der Waals surface area (Å²) in [6, 6.07) is 8.45. The average molecular weight is 307 g/mol. The minimum atomic E-state index is -3.42. The van der Waals surface area contributed by atoms with Crippen LogP contribution in [0.4, 0.5) is 0 Å². The van der Waals surface area contributed by atoms with Gasteiger partial charge in [-0.2, -0.15) is 4.31 Å². The van der Waals surface area contributed by atoms with E-state index in [4.69, 9.17) is 0 Å². The second kappa shape index (κ2) is 7.00. The minimum absolute atomic E-state index is 0.00725. The summed E-state index contributed by atoms with van der Waals surface area (Å²) in [6.45, 7) is 4.45. The fraction of sp³-hybridized carbons (Fsp3) is 0.438. The topological polar surface area (TPSA) is 54.5 Å². The highest BCUT2D eigenvalue weighted by Gasteiger charge is 2.31. The van der Waals surface area contributed by atoms with E-state index in [1.54, 1.807) is 36.4 Å². The number of ketones is 1. The molecule has 0 bridgehead atoms. The number of Topliss-reactive ketones (excluding diaryl/α,β-unsaturated/α-hetero) is 1. The molecule has 0 saturated carbocycles. The minimum Gasteiger partial charge on any atom is -0.299 e. The van der Waals surface area contributed by atoms with E-state index in [-0.39, 0.29) is 11.7 Å². The van der Waals surface area contributed by atoms with Crippen LogP contribution in [0.25, 0.3) is 0 Å². The number of allylic oxidation sites excluding steroid dienone is 1. The molecule has 5 heteroatoms. The molecule has 0 atom stereocenters. The van der Waals surface area contributed by atoms with Crippen LogP contribution in [0.5, 0.6) is 0 Å². The van der Waals surface area contributed by atoms with Gasteiger partial charge in [-0.15, -0.1) is 6.58 Å². The summed E-state index contributed by atoms with van der Waals surface area (Å²) in [6.07, 6.45) is 4.18. The molecule has 1 aromatic rings. The van der Waals surface area contributed by atoms with Crippen molar-refractivity contribution in [2.24, 2.45) is 5.92 Å². The molecule has 1 heterocycles. The predicted molar refractivity (Wildman–Crippen MR) is 82.4 cm³/mol. The van der Waals surface area contributed by atoms with Crippen molar-refractivity contribution in [3.05, 3.63) is 43.0 Å². The van der Waals surface area contributed by atoms with Gasteiger partial charge in [-0.1, -0.05) is 24.3 Å². The van der Waals surface area contributed by atoms with Crippen molar-refractivity contribution in [3.63, 3.8) is 0 Å². The number of sulfonamides is 1. The first kappa shape index (κ1) is 15.9. The van der Waals surface area contributed by atoms with Crippen molar-refractivity contribution in [1.82, 2.24) is 4.31 Å². The lowest BCUT2D eigenvalue weighted by Gasteiger charge is -2.30. The Morgan fingerprint density at radius 1 is 1.24 bits per heavy atom. The van der Waals surface area contributed by atoms with E-state index in [9.17, 15) is 13.2 Å². The largest absolute Gasteiger partial charge is 0.299 e. The Balaban J connectivity index is 1.98. The van der Waals surface area contributed by atoms with Crippen LogP contribution in [-0.2, 0) is 14.8 Å². The zero-order valence-electron chi connectivity index (χ0n) is 12.1. The van der Waals surface area contributed by atoms with E-state index in [1.807, 2.05) is 0 Å². The van der Waals surface area contributed by atoms with Gasteiger partial charge in [0.1, 0.15) is 5.78 Å². The van der Waals surface area contributed by atoms with Gasteiger partial charge in [0.2, 0.25) is 10.0 Å². The van der Waals surface area contributed by atoms with Crippen molar-refractivity contribution in [3.8, 4) is 0 Å². The molecule has 0 N–H and O–H groups in total. The number of carbonyl (C=O) groups is 1. The van der Waals surface area contributed by atoms with E-state index in [2.05, 4.69) is 6.58 Å². The monoisotopic (exact) mass is 307 g/mol. The molecule has 1 fully saturated rings. The molecule has 0 aliphatic carbocycles. The van der Waals surface area contributed by atoms with E-state index in [0.717, 1.165) is 0 Å². The Morgan fingerprint density at radius 3 is 2.43 bits per heavy atom. The molecule has 1 aliphatic heterocycles. The number of nitrogens with zero attached hydrogens (tertiary/aromatic N) is 1. The van der Waals surface area contributed by atoms with Gasteiger partial charge < -0.3 is 0 Å². The molecular weight excluding hydrogens is 286 g/mol. The standard InChI is InChI=1S/C16H21NO3S/c1-2-3-9-16(18)14-10-12-17(13-11-14)21(19,20)15-7-5-4-6-8-15/h2,4-8,14H,1,3,9-13H2. The summed E-state index contributed by atoms with van der Waals surface area (Å²) in [4.78, 5) is 12.3. The molecule has 21 heavy (non-hydrogen) atoms. The summed E-state index contributed by atoms with van der Waals surface area (Å²) < 4.78 is 26.4. The first-order valence-electron chi connectivity index (χ1n) is 7.24. The van der Waals surface area contributed by atoms with Gasteiger partial charge in [0.05, 0.1) is 4.90 Å². The van der Waals surface area contributed by atoms with E-state index < -0.39 is 10.0 Å². The van der Waals surface area contributed by atoms with Crippen molar-refractivity contribution in [2.45, 2.75) is 30.6 Å². The lowest BCUT2D eigenvalue weighted by molar-refractivity contribution is -0.123. The third kappa shape index (κ3) is 3.80. The van der Waals surface area contributed by atoms with Crippen LogP contribution in [0.2, 0.25) is 0 Å². The number of hydrogen-bond acceptors (Lipinski definition) is 3. The van der Waals surface area contributed by atoms with Gasteiger partial charge in [-0.25, -0.2) is 8.42 Å². The molecular formula is C16H21NO3S. The Kier molecular flexibility index (Phi) is 5.31. The zero-order valence-corrected chi connectivity index (χ0v) is 12.9. The van der Waals surface area contributed by atoms with Crippen molar-refractivity contribution in [2.75, 3.05) is 13.1 Å². The van der Waals surface area contributed by atoms with Crippen LogP contribution in [0.15, 0.2) is 47.9 Å². The quantitative estimate of drug-likeness (QED) is 0.759. The van der Waals surface area contributed by atoms with Gasteiger partial charge in [0, 0.05) is 25.4 Å². The third-order valence-corrected chi connectivity index (χ3v) is 5.80. The van der Waals surface area contributed by atoms with Gasteiger partial charge in [0.25, 0.3) is 0 Å². The van der Waals surface area contributed by atoms with Gasteiger partial charge in [-0.3, -0.25) is 4.79 Å². The van der Waals surface area contributed by atoms with Crippen LogP contribution >= 0.6 is 0 Å². The summed E-state index contributed by atoms with van der Waals surface area (Å²) in [5, 5.41) is 0. The smallest absolute Gasteiger partial charge is 0.243 e. The molecule has 1 aromatic carbocycles. The number of rotatable bonds is 6. The SMILES string of the molecule is C=CCCC(=O)C1CCN(S(=O)(=O)c2ccccc2)CC1. The van der Waals surface area contributed by atoms with Gasteiger partial charge >= 0.3 is 0 Å². The number of benzene rings is 1. The van der Waals surface area contributed by atoms with Crippen molar-refractivity contribution in [1.29, 1.82) is 0 Å². The fourth-order valence-electron chi connectivity index (χ4n) is 2.61. The summed E-state index contributed by atoms with van der Waals surface area (Å²) in [5.41, 5.74) is 0. The molecule has 4 nitrogen and oxygen atoms in total. The number of carbonyl (C=O) groups excluding carboxylic acids is 1. The molecule has 0 aromatic heterocycles. The van der Waals surface area contributed by atoms with Crippen LogP contribution in [0.1, 0.15) is 25.7 Å². The van der Waals surface area contributed by atoms with Gasteiger partial charge in [-0.05, 0) is 31.4 Å². The van der Waals surface area contributed by atoms with Crippen LogP contribution in [0.3, 0.4) is 0 Å². The molecule has 0 amide bonds. The maximum absolute atomic E-state index is 12.5. The first-order chi connectivity index (χ1) is 10.1. The van der Waals surface area contributed by atoms with Crippen LogP contribution in [-0.4, -0.2) is 31.6 Å². The van der Waals surface area contributed by atoms with Gasteiger partial charge in [0.15, 0.2) is 0 Å². The van der Waals surface area contributed by atoms with E-state index in [0.29, 0.717) is 43.7 Å². The first-order valence-corrected chi connectivity index (χ1v) is 8.68. The number of piperidine rings is 1. The molecule has 1 saturated heterocycles. The predicted octanol–water partition coefficient (Wildman–Crippen LogP) is 2.62. The normalized spacial score (nSPS) is 17.5. The Bertz CT molecular complexity index is 587. The molecule has 1 aliphatic rings. The lowest BCUT2D eigenvalue weighted by Crippen LogP contribution is -2.40. The molecule has 114 valence electrons. The van der Waals surface area contributed by atoms with Crippen molar-refractivity contribution >= 4 is 15.8 Å². The highest BCUT2D eigenvalue weighted by Crippen LogP contribution is 2.25. The summed E-state index contributed by atoms with van der Waals surface area (Å²) >= 11 is 0. The summed E-state index contributed by atoms with van der Waals surface area (Å²) in [5.74, 6) is 0.221. The Hall–Kier alpha value is -1.46. The zero-order chi connectivity index (χ0) is 15.3. The second-order valence-electron chi connectivity index (χ2n) is 5.29. The average Bonchev–Trinajstić information content (AvgIpc) is 2.53. The fourth-order valence-corrected chi connectivity index (χ4v) is 4.10. The maximum atomic E-state index is 12.5. The second-order valence-corrected chi connectivity index (χ2v) is 7.22. The Morgan fingerprint density at radius 2 is 1.86 bits per heavy atom. The van der Waals surface area contributed by atoms with Crippen molar-refractivity contribution < 1.29 is 13.2 Å². The lowest BCUT2D eigenvalue weighted by atomic mass is 9.91. The number of hydrogen-bond donors (Lipinski definition) is 0.